The Kier molecular flexibility index (Phi) is 4.12. The Bertz CT molecular complexity index is 350. The molecule has 1 heterocycles. The van der Waals surface area contributed by atoms with Crippen LogP contribution in [0.2, 0.25) is 0 Å². The van der Waals surface area contributed by atoms with Gasteiger partial charge in [-0.1, -0.05) is 6.42 Å². The molecule has 0 amide bonds. The first kappa shape index (κ1) is 12.5. The number of hydrogen-bond acceptors (Lipinski definition) is 4. The predicted molar refractivity (Wildman–Crippen MR) is 65.5 cm³/mol. The van der Waals surface area contributed by atoms with Gasteiger partial charge in [0.2, 0.25) is 0 Å². The summed E-state index contributed by atoms with van der Waals surface area (Å²) in [5.74, 6) is 1.37. The van der Waals surface area contributed by atoms with Gasteiger partial charge in [0.15, 0.2) is 0 Å². The minimum atomic E-state index is -0.120. The van der Waals surface area contributed by atoms with E-state index in [-0.39, 0.29) is 6.10 Å². The largest absolute Gasteiger partial charge is 0.393 e. The van der Waals surface area contributed by atoms with Crippen LogP contribution in [0.4, 0.5) is 0 Å². The molecule has 2 atom stereocenters. The summed E-state index contributed by atoms with van der Waals surface area (Å²) in [6.45, 7) is 5.78. The average Bonchev–Trinajstić information content (AvgIpc) is 2.88. The maximum atomic E-state index is 9.72. The van der Waals surface area contributed by atoms with Gasteiger partial charge in [-0.2, -0.15) is 5.10 Å². The number of nitrogens with zero attached hydrogens (tertiary/aromatic N) is 3. The normalized spacial score (nSPS) is 24.7. The van der Waals surface area contributed by atoms with Crippen molar-refractivity contribution in [3.8, 4) is 0 Å². The molecule has 1 saturated carbocycles. The molecule has 5 heteroatoms. The van der Waals surface area contributed by atoms with Crippen molar-refractivity contribution in [2.75, 3.05) is 6.54 Å². The quantitative estimate of drug-likeness (QED) is 0.806. The number of hydrogen-bond donors (Lipinski definition) is 2. The number of aromatic nitrogens is 3. The molecule has 0 aromatic carbocycles. The van der Waals surface area contributed by atoms with E-state index in [0.717, 1.165) is 38.2 Å². The summed E-state index contributed by atoms with van der Waals surface area (Å²) in [4.78, 5) is 4.25. The monoisotopic (exact) mass is 238 g/mol. The molecule has 1 aromatic rings. The van der Waals surface area contributed by atoms with E-state index < -0.39 is 0 Å². The van der Waals surface area contributed by atoms with E-state index in [1.165, 1.54) is 0 Å². The smallest absolute Gasteiger partial charge is 0.141 e. The third-order valence-electron chi connectivity index (χ3n) is 3.44. The standard InChI is InChI=1S/C12H22N4O/c1-9(2)16-12(14-8-15-16)7-13-6-10-4-3-5-11(10)17/h8-11,13,17H,3-7H2,1-2H3. The van der Waals surface area contributed by atoms with Gasteiger partial charge in [-0.05, 0) is 32.6 Å². The minimum absolute atomic E-state index is 0.120. The fourth-order valence-electron chi connectivity index (χ4n) is 2.46. The molecule has 2 unspecified atom stereocenters. The van der Waals surface area contributed by atoms with E-state index in [4.69, 9.17) is 0 Å². The summed E-state index contributed by atoms with van der Waals surface area (Å²) >= 11 is 0. The van der Waals surface area contributed by atoms with E-state index in [0.29, 0.717) is 12.0 Å². The van der Waals surface area contributed by atoms with E-state index in [1.54, 1.807) is 6.33 Å². The maximum Gasteiger partial charge on any atom is 0.141 e. The van der Waals surface area contributed by atoms with Crippen molar-refractivity contribution in [3.05, 3.63) is 12.2 Å². The van der Waals surface area contributed by atoms with Crippen molar-refractivity contribution in [2.45, 2.75) is 51.8 Å². The third-order valence-corrected chi connectivity index (χ3v) is 3.44. The van der Waals surface area contributed by atoms with Crippen LogP contribution in [0.1, 0.15) is 45.0 Å². The molecule has 96 valence electrons. The van der Waals surface area contributed by atoms with Crippen LogP contribution in [-0.4, -0.2) is 32.5 Å². The van der Waals surface area contributed by atoms with Gasteiger partial charge in [-0.3, -0.25) is 0 Å². The summed E-state index contributed by atoms with van der Waals surface area (Å²) < 4.78 is 1.93. The maximum absolute atomic E-state index is 9.72. The molecular weight excluding hydrogens is 216 g/mol. The second kappa shape index (κ2) is 5.60. The molecular formula is C12H22N4O. The molecule has 1 aromatic heterocycles. The lowest BCUT2D eigenvalue weighted by atomic mass is 10.1. The minimum Gasteiger partial charge on any atom is -0.393 e. The Balaban J connectivity index is 1.79. The van der Waals surface area contributed by atoms with Gasteiger partial charge in [0.05, 0.1) is 12.6 Å². The lowest BCUT2D eigenvalue weighted by molar-refractivity contribution is 0.131. The highest BCUT2D eigenvalue weighted by Crippen LogP contribution is 2.24. The Morgan fingerprint density at radius 3 is 3.00 bits per heavy atom. The number of aliphatic hydroxyl groups is 1. The molecule has 1 fully saturated rings. The van der Waals surface area contributed by atoms with E-state index in [2.05, 4.69) is 29.2 Å². The van der Waals surface area contributed by atoms with Gasteiger partial charge < -0.3 is 10.4 Å². The molecule has 2 rings (SSSR count). The van der Waals surface area contributed by atoms with Crippen LogP contribution in [0.5, 0.6) is 0 Å². The Hall–Kier alpha value is -0.940. The van der Waals surface area contributed by atoms with Crippen molar-refractivity contribution < 1.29 is 5.11 Å². The summed E-state index contributed by atoms with van der Waals surface area (Å²) in [6, 6.07) is 0.339. The highest BCUT2D eigenvalue weighted by molar-refractivity contribution is 4.87. The zero-order valence-corrected chi connectivity index (χ0v) is 10.6. The summed E-state index contributed by atoms with van der Waals surface area (Å²) in [6.07, 6.45) is 4.71. The summed E-state index contributed by atoms with van der Waals surface area (Å²) in [7, 11) is 0. The van der Waals surface area contributed by atoms with Crippen molar-refractivity contribution in [3.63, 3.8) is 0 Å². The van der Waals surface area contributed by atoms with Crippen LogP contribution >= 0.6 is 0 Å². The second-order valence-electron chi connectivity index (χ2n) is 5.10. The Labute approximate surface area is 102 Å². The lowest BCUT2D eigenvalue weighted by Crippen LogP contribution is -2.28. The van der Waals surface area contributed by atoms with Crippen molar-refractivity contribution in [1.82, 2.24) is 20.1 Å². The summed E-state index contributed by atoms with van der Waals surface area (Å²) in [5.41, 5.74) is 0. The molecule has 0 bridgehead atoms. The van der Waals surface area contributed by atoms with E-state index >= 15 is 0 Å². The fraction of sp³-hybridized carbons (Fsp3) is 0.833. The molecule has 0 spiro atoms. The molecule has 0 saturated heterocycles. The molecule has 0 aliphatic heterocycles. The predicted octanol–water partition coefficient (Wildman–Crippen LogP) is 1.11. The van der Waals surface area contributed by atoms with Gasteiger partial charge in [0.25, 0.3) is 0 Å². The van der Waals surface area contributed by atoms with E-state index in [1.807, 2.05) is 4.68 Å². The zero-order chi connectivity index (χ0) is 12.3. The highest BCUT2D eigenvalue weighted by Gasteiger charge is 2.24. The van der Waals surface area contributed by atoms with Crippen molar-refractivity contribution >= 4 is 0 Å². The SMILES string of the molecule is CC(C)n1ncnc1CNCC1CCCC1O. The molecule has 5 nitrogen and oxygen atoms in total. The lowest BCUT2D eigenvalue weighted by Gasteiger charge is -2.15. The third kappa shape index (κ3) is 3.04. The first-order chi connectivity index (χ1) is 8.18. The first-order valence-electron chi connectivity index (χ1n) is 6.45. The van der Waals surface area contributed by atoms with Crippen LogP contribution in [0.3, 0.4) is 0 Å². The summed E-state index contributed by atoms with van der Waals surface area (Å²) in [5, 5.41) is 17.3. The van der Waals surface area contributed by atoms with Crippen LogP contribution in [-0.2, 0) is 6.54 Å². The number of nitrogens with one attached hydrogen (secondary N) is 1. The fourth-order valence-corrected chi connectivity index (χ4v) is 2.46. The van der Waals surface area contributed by atoms with E-state index in [9.17, 15) is 5.11 Å². The molecule has 1 aliphatic carbocycles. The van der Waals surface area contributed by atoms with Crippen molar-refractivity contribution in [2.24, 2.45) is 5.92 Å². The topological polar surface area (TPSA) is 63.0 Å². The average molecular weight is 238 g/mol. The van der Waals surface area contributed by atoms with Crippen molar-refractivity contribution in [1.29, 1.82) is 0 Å². The van der Waals surface area contributed by atoms with Gasteiger partial charge in [0, 0.05) is 12.6 Å². The first-order valence-corrected chi connectivity index (χ1v) is 6.45. The van der Waals surface area contributed by atoms with Gasteiger partial charge in [-0.25, -0.2) is 9.67 Å². The molecule has 2 N–H and O–H groups in total. The van der Waals surface area contributed by atoms with Crippen LogP contribution in [0.15, 0.2) is 6.33 Å². The molecule has 1 aliphatic rings. The van der Waals surface area contributed by atoms with Crippen LogP contribution < -0.4 is 5.32 Å². The number of rotatable bonds is 5. The number of aliphatic hydroxyl groups excluding tert-OH is 1. The Morgan fingerprint density at radius 2 is 2.35 bits per heavy atom. The van der Waals surface area contributed by atoms with Crippen LogP contribution in [0.25, 0.3) is 0 Å². The Morgan fingerprint density at radius 1 is 1.53 bits per heavy atom. The van der Waals surface area contributed by atoms with Gasteiger partial charge in [0.1, 0.15) is 12.2 Å². The van der Waals surface area contributed by atoms with Crippen LogP contribution in [0, 0.1) is 5.92 Å². The molecule has 17 heavy (non-hydrogen) atoms. The zero-order valence-electron chi connectivity index (χ0n) is 10.6. The second-order valence-corrected chi connectivity index (χ2v) is 5.10. The highest BCUT2D eigenvalue weighted by atomic mass is 16.3. The van der Waals surface area contributed by atoms with Gasteiger partial charge >= 0.3 is 0 Å². The van der Waals surface area contributed by atoms with Gasteiger partial charge in [-0.15, -0.1) is 0 Å². The molecule has 0 radical (unpaired) electrons.